The molecule has 1 aromatic carbocycles. The second-order valence-electron chi connectivity index (χ2n) is 4.55. The van der Waals surface area contributed by atoms with Gasteiger partial charge in [-0.05, 0) is 43.0 Å². The third-order valence-corrected chi connectivity index (χ3v) is 3.28. The molecule has 1 aliphatic rings. The lowest BCUT2D eigenvalue weighted by Crippen LogP contribution is -2.34. The third kappa shape index (κ3) is 2.24. The number of rotatable bonds is 4. The summed E-state index contributed by atoms with van der Waals surface area (Å²) in [6.45, 7) is 2.98. The molecule has 0 amide bonds. The summed E-state index contributed by atoms with van der Waals surface area (Å²) in [6, 6.07) is 7.85. The lowest BCUT2D eigenvalue weighted by molar-refractivity contribution is 0.229. The van der Waals surface area contributed by atoms with E-state index in [1.165, 1.54) is 5.56 Å². The Hall–Kier alpha value is -1.37. The molecule has 2 rings (SSSR count). The van der Waals surface area contributed by atoms with Crippen LogP contribution in [0.1, 0.15) is 29.5 Å². The Morgan fingerprint density at radius 2 is 2.25 bits per heavy atom. The molecule has 0 atom stereocenters. The van der Waals surface area contributed by atoms with E-state index in [-0.39, 0.29) is 12.1 Å². The molecule has 84 valence electrons. The highest BCUT2D eigenvalue weighted by atomic mass is 16.3. The molecule has 0 heterocycles. The molecule has 0 aliphatic heterocycles. The van der Waals surface area contributed by atoms with E-state index in [1.54, 1.807) is 0 Å². The lowest BCUT2D eigenvalue weighted by atomic mass is 10.1. The predicted molar refractivity (Wildman–Crippen MR) is 61.8 cm³/mol. The molecular formula is C13H16N2O. The van der Waals surface area contributed by atoms with Crippen molar-refractivity contribution >= 4 is 0 Å². The maximum atomic E-state index is 9.18. The number of aryl methyl sites for hydroxylation is 1. The Morgan fingerprint density at radius 3 is 2.75 bits per heavy atom. The van der Waals surface area contributed by atoms with Gasteiger partial charge in [-0.2, -0.15) is 5.26 Å². The van der Waals surface area contributed by atoms with Crippen molar-refractivity contribution in [2.45, 2.75) is 31.8 Å². The number of nitrogens with zero attached hydrogens (tertiary/aromatic N) is 1. The van der Waals surface area contributed by atoms with Gasteiger partial charge in [0.2, 0.25) is 0 Å². The zero-order chi connectivity index (χ0) is 11.6. The summed E-state index contributed by atoms with van der Waals surface area (Å²) in [7, 11) is 0. The smallest absolute Gasteiger partial charge is 0.0991 e. The van der Waals surface area contributed by atoms with Gasteiger partial charge in [0.1, 0.15) is 0 Å². The summed E-state index contributed by atoms with van der Waals surface area (Å²) in [6.07, 6.45) is 2.11. The van der Waals surface area contributed by atoms with Gasteiger partial charge in [0.25, 0.3) is 0 Å². The Morgan fingerprint density at radius 1 is 1.50 bits per heavy atom. The van der Waals surface area contributed by atoms with Crippen molar-refractivity contribution < 1.29 is 5.11 Å². The van der Waals surface area contributed by atoms with E-state index in [4.69, 9.17) is 5.26 Å². The van der Waals surface area contributed by atoms with Crippen LogP contribution in [0.4, 0.5) is 0 Å². The number of aliphatic hydroxyl groups excluding tert-OH is 1. The van der Waals surface area contributed by atoms with Gasteiger partial charge in [-0.25, -0.2) is 0 Å². The molecule has 0 aromatic heterocycles. The van der Waals surface area contributed by atoms with Crippen LogP contribution in [0.15, 0.2) is 18.2 Å². The number of hydrogen-bond acceptors (Lipinski definition) is 3. The van der Waals surface area contributed by atoms with E-state index in [9.17, 15) is 5.11 Å². The molecule has 3 heteroatoms. The van der Waals surface area contributed by atoms with Crippen LogP contribution in [0, 0.1) is 18.3 Å². The summed E-state index contributed by atoms with van der Waals surface area (Å²) in [5.74, 6) is 0. The summed E-state index contributed by atoms with van der Waals surface area (Å²) >= 11 is 0. The maximum absolute atomic E-state index is 9.18. The summed E-state index contributed by atoms with van der Waals surface area (Å²) in [5, 5.41) is 21.3. The molecule has 0 saturated heterocycles. The summed E-state index contributed by atoms with van der Waals surface area (Å²) in [4.78, 5) is 0. The Labute approximate surface area is 95.7 Å². The first-order valence-corrected chi connectivity index (χ1v) is 5.55. The molecule has 1 aromatic rings. The van der Waals surface area contributed by atoms with Crippen LogP contribution in [0.3, 0.4) is 0 Å². The van der Waals surface area contributed by atoms with E-state index < -0.39 is 0 Å². The molecule has 3 nitrogen and oxygen atoms in total. The van der Waals surface area contributed by atoms with Gasteiger partial charge in [-0.15, -0.1) is 0 Å². The van der Waals surface area contributed by atoms with Crippen molar-refractivity contribution in [2.24, 2.45) is 0 Å². The van der Waals surface area contributed by atoms with E-state index in [0.29, 0.717) is 5.56 Å². The van der Waals surface area contributed by atoms with Gasteiger partial charge in [0, 0.05) is 12.1 Å². The minimum atomic E-state index is -0.0274. The van der Waals surface area contributed by atoms with Crippen LogP contribution in [-0.2, 0) is 6.54 Å². The van der Waals surface area contributed by atoms with E-state index in [0.717, 1.165) is 24.9 Å². The minimum absolute atomic E-state index is 0.0274. The highest BCUT2D eigenvalue weighted by Gasteiger charge is 2.41. The predicted octanol–water partition coefficient (Wildman–Crippen LogP) is 1.48. The third-order valence-electron chi connectivity index (χ3n) is 3.28. The summed E-state index contributed by atoms with van der Waals surface area (Å²) in [5.41, 5.74) is 2.99. The maximum Gasteiger partial charge on any atom is 0.0991 e. The van der Waals surface area contributed by atoms with Gasteiger partial charge >= 0.3 is 0 Å². The minimum Gasteiger partial charge on any atom is -0.394 e. The monoisotopic (exact) mass is 216 g/mol. The fourth-order valence-electron chi connectivity index (χ4n) is 1.79. The van der Waals surface area contributed by atoms with Crippen LogP contribution in [0.25, 0.3) is 0 Å². The number of aliphatic hydroxyl groups is 1. The van der Waals surface area contributed by atoms with E-state index in [1.807, 2.05) is 25.1 Å². The van der Waals surface area contributed by atoms with Crippen molar-refractivity contribution in [3.05, 3.63) is 34.9 Å². The first-order valence-electron chi connectivity index (χ1n) is 5.55. The van der Waals surface area contributed by atoms with Crippen molar-refractivity contribution in [3.8, 4) is 6.07 Å². The van der Waals surface area contributed by atoms with Crippen molar-refractivity contribution in [1.29, 1.82) is 5.26 Å². The van der Waals surface area contributed by atoms with Gasteiger partial charge < -0.3 is 10.4 Å². The molecule has 0 bridgehead atoms. The first-order chi connectivity index (χ1) is 7.69. The van der Waals surface area contributed by atoms with Crippen LogP contribution < -0.4 is 5.32 Å². The van der Waals surface area contributed by atoms with Crippen molar-refractivity contribution in [3.63, 3.8) is 0 Å². The van der Waals surface area contributed by atoms with E-state index in [2.05, 4.69) is 11.4 Å². The Kier molecular flexibility index (Phi) is 2.95. The lowest BCUT2D eigenvalue weighted by Gasteiger charge is -2.15. The van der Waals surface area contributed by atoms with Crippen molar-refractivity contribution in [1.82, 2.24) is 5.32 Å². The highest BCUT2D eigenvalue weighted by Crippen LogP contribution is 2.34. The number of hydrogen-bond donors (Lipinski definition) is 2. The van der Waals surface area contributed by atoms with Crippen molar-refractivity contribution in [2.75, 3.05) is 6.61 Å². The SMILES string of the molecule is Cc1cc(C#N)ccc1CNC1(CO)CC1. The molecule has 0 spiro atoms. The molecule has 2 N–H and O–H groups in total. The van der Waals surface area contributed by atoms with Gasteiger partial charge in [0.05, 0.1) is 18.2 Å². The van der Waals surface area contributed by atoms with Crippen LogP contribution >= 0.6 is 0 Å². The van der Waals surface area contributed by atoms with Crippen LogP contribution in [0.5, 0.6) is 0 Å². The molecule has 1 saturated carbocycles. The number of nitriles is 1. The topological polar surface area (TPSA) is 56.0 Å². The molecule has 16 heavy (non-hydrogen) atoms. The highest BCUT2D eigenvalue weighted by molar-refractivity contribution is 5.37. The van der Waals surface area contributed by atoms with Crippen LogP contribution in [-0.4, -0.2) is 17.3 Å². The molecule has 0 radical (unpaired) electrons. The largest absolute Gasteiger partial charge is 0.394 e. The van der Waals surface area contributed by atoms with Gasteiger partial charge in [0.15, 0.2) is 0 Å². The fourth-order valence-corrected chi connectivity index (χ4v) is 1.79. The van der Waals surface area contributed by atoms with E-state index >= 15 is 0 Å². The van der Waals surface area contributed by atoms with Gasteiger partial charge in [-0.3, -0.25) is 0 Å². The number of benzene rings is 1. The normalized spacial score (nSPS) is 16.8. The average molecular weight is 216 g/mol. The average Bonchev–Trinajstić information content (AvgIpc) is 3.08. The zero-order valence-electron chi connectivity index (χ0n) is 9.45. The molecule has 0 unspecified atom stereocenters. The fraction of sp³-hybridized carbons (Fsp3) is 0.462. The standard InChI is InChI=1S/C13H16N2O/c1-10-6-11(7-14)2-3-12(10)8-15-13(9-16)4-5-13/h2-3,6,15-16H,4-5,8-9H2,1H3. The number of nitrogens with one attached hydrogen (secondary N) is 1. The second kappa shape index (κ2) is 4.25. The van der Waals surface area contributed by atoms with Gasteiger partial charge in [-0.1, -0.05) is 6.07 Å². The Balaban J connectivity index is 2.02. The molecule has 1 fully saturated rings. The zero-order valence-corrected chi connectivity index (χ0v) is 9.45. The molecule has 1 aliphatic carbocycles. The summed E-state index contributed by atoms with van der Waals surface area (Å²) < 4.78 is 0. The first kappa shape index (κ1) is 11.1. The quantitative estimate of drug-likeness (QED) is 0.801. The Bertz CT molecular complexity index is 430. The van der Waals surface area contributed by atoms with Crippen LogP contribution in [0.2, 0.25) is 0 Å². The molecular weight excluding hydrogens is 200 g/mol. The second-order valence-corrected chi connectivity index (χ2v) is 4.55.